The number of nitrogens with zero attached hydrogens (tertiary/aromatic N) is 1. The third-order valence-corrected chi connectivity index (χ3v) is 1.66. The minimum atomic E-state index is 0. The molecule has 0 aliphatic rings. The van der Waals surface area contributed by atoms with Gasteiger partial charge < -0.3 is 12.0 Å². The van der Waals surface area contributed by atoms with Gasteiger partial charge in [-0.3, -0.25) is 4.79 Å². The van der Waals surface area contributed by atoms with Gasteiger partial charge in [0.1, 0.15) is 6.29 Å². The Morgan fingerprint density at radius 1 is 1.38 bits per heavy atom. The maximum Gasteiger partial charge on any atom is 0.150 e. The number of hydrazone groups is 1. The summed E-state index contributed by atoms with van der Waals surface area (Å²) in [5.41, 5.74) is 2.35. The second-order valence-electron chi connectivity index (χ2n) is 2.45. The first-order valence-corrected chi connectivity index (χ1v) is 3.58. The van der Waals surface area contributed by atoms with E-state index in [0.29, 0.717) is 5.56 Å². The van der Waals surface area contributed by atoms with Crippen LogP contribution in [0.2, 0.25) is 0 Å². The minimum absolute atomic E-state index is 0. The Bertz CT molecular complexity index is 303. The summed E-state index contributed by atoms with van der Waals surface area (Å²) in [6.45, 7) is 1.82. The van der Waals surface area contributed by atoms with Gasteiger partial charge >= 0.3 is 0 Å². The number of benzene rings is 1. The number of nitrogens with two attached hydrogens (primary N) is 1. The van der Waals surface area contributed by atoms with Crippen molar-refractivity contribution in [3.05, 3.63) is 35.4 Å². The van der Waals surface area contributed by atoms with Crippen molar-refractivity contribution in [3.8, 4) is 0 Å². The van der Waals surface area contributed by atoms with Crippen molar-refractivity contribution in [2.75, 3.05) is 0 Å². The number of carbonyl (C=O) groups is 1. The second kappa shape index (κ2) is 5.05. The van der Waals surface area contributed by atoms with Crippen LogP contribution in [-0.2, 0) is 0 Å². The summed E-state index contributed by atoms with van der Waals surface area (Å²) < 4.78 is 0. The third kappa shape index (κ3) is 2.68. The molecule has 1 aromatic carbocycles. The highest BCUT2D eigenvalue weighted by Gasteiger charge is 1.95. The van der Waals surface area contributed by atoms with Crippen molar-refractivity contribution in [1.29, 1.82) is 0 Å². The van der Waals surface area contributed by atoms with Crippen molar-refractivity contribution in [1.82, 2.24) is 6.15 Å². The van der Waals surface area contributed by atoms with Gasteiger partial charge in [0.15, 0.2) is 0 Å². The third-order valence-electron chi connectivity index (χ3n) is 1.66. The molecule has 0 fully saturated rings. The van der Waals surface area contributed by atoms with E-state index in [1.807, 2.05) is 19.1 Å². The zero-order chi connectivity index (χ0) is 8.97. The number of aldehydes is 1. The molecule has 5 N–H and O–H groups in total. The zero-order valence-electron chi connectivity index (χ0n) is 7.53. The van der Waals surface area contributed by atoms with Crippen molar-refractivity contribution in [3.63, 3.8) is 0 Å². The highest BCUT2D eigenvalue weighted by atomic mass is 16.1. The van der Waals surface area contributed by atoms with E-state index < -0.39 is 0 Å². The molecule has 0 saturated heterocycles. The first kappa shape index (κ1) is 11.3. The van der Waals surface area contributed by atoms with Gasteiger partial charge in [-0.15, -0.1) is 0 Å². The van der Waals surface area contributed by atoms with Gasteiger partial charge in [-0.05, 0) is 12.5 Å². The van der Waals surface area contributed by atoms with Crippen LogP contribution in [0.4, 0.5) is 0 Å². The summed E-state index contributed by atoms with van der Waals surface area (Å²) >= 11 is 0. The van der Waals surface area contributed by atoms with Crippen LogP contribution < -0.4 is 12.0 Å². The molecule has 0 saturated carbocycles. The molecule has 70 valence electrons. The molecule has 4 nitrogen and oxygen atoms in total. The van der Waals surface area contributed by atoms with Gasteiger partial charge in [0.25, 0.3) is 0 Å². The standard InChI is InChI=1S/C9H10N2O.H3N/c1-7(11-10)9-4-2-8(6-12)3-5-9;/h2-6H,10H2,1H3;1H3/b11-7+;. The van der Waals surface area contributed by atoms with E-state index in [1.54, 1.807) is 12.1 Å². The zero-order valence-corrected chi connectivity index (χ0v) is 7.53. The van der Waals surface area contributed by atoms with E-state index in [2.05, 4.69) is 5.10 Å². The first-order chi connectivity index (χ1) is 5.77. The summed E-state index contributed by atoms with van der Waals surface area (Å²) in [6.07, 6.45) is 0.804. The molecule has 0 aromatic heterocycles. The van der Waals surface area contributed by atoms with Gasteiger partial charge in [-0.1, -0.05) is 24.3 Å². The molecule has 0 spiro atoms. The molecule has 0 radical (unpaired) electrons. The summed E-state index contributed by atoms with van der Waals surface area (Å²) in [4.78, 5) is 10.3. The Balaban J connectivity index is 0.00000144. The average molecular weight is 179 g/mol. The smallest absolute Gasteiger partial charge is 0.150 e. The molecule has 0 heterocycles. The lowest BCUT2D eigenvalue weighted by atomic mass is 10.1. The van der Waals surface area contributed by atoms with E-state index in [-0.39, 0.29) is 6.15 Å². The predicted molar refractivity (Wildman–Crippen MR) is 53.3 cm³/mol. The summed E-state index contributed by atoms with van der Waals surface area (Å²) in [6, 6.07) is 7.10. The molecule has 0 bridgehead atoms. The molecular weight excluding hydrogens is 166 g/mol. The van der Waals surface area contributed by atoms with E-state index in [0.717, 1.165) is 17.6 Å². The van der Waals surface area contributed by atoms with Gasteiger partial charge in [-0.2, -0.15) is 5.10 Å². The lowest BCUT2D eigenvalue weighted by Crippen LogP contribution is -1.98. The van der Waals surface area contributed by atoms with Gasteiger partial charge in [0.05, 0.1) is 5.71 Å². The Morgan fingerprint density at radius 2 is 1.92 bits per heavy atom. The molecule has 4 heteroatoms. The summed E-state index contributed by atoms with van der Waals surface area (Å²) in [5, 5.41) is 3.54. The lowest BCUT2D eigenvalue weighted by Gasteiger charge is -1.97. The monoisotopic (exact) mass is 179 g/mol. The van der Waals surface area contributed by atoms with Crippen LogP contribution in [0.3, 0.4) is 0 Å². The van der Waals surface area contributed by atoms with Crippen LogP contribution in [0.1, 0.15) is 22.8 Å². The topological polar surface area (TPSA) is 90.4 Å². The first-order valence-electron chi connectivity index (χ1n) is 3.58. The number of hydrogen-bond donors (Lipinski definition) is 2. The molecule has 0 amide bonds. The molecule has 1 rings (SSSR count). The molecule has 13 heavy (non-hydrogen) atoms. The molecule has 0 aliphatic carbocycles. The Kier molecular flexibility index (Phi) is 4.40. The molecule has 0 atom stereocenters. The highest BCUT2D eigenvalue weighted by molar-refractivity contribution is 5.98. The predicted octanol–water partition coefficient (Wildman–Crippen LogP) is 1.34. The van der Waals surface area contributed by atoms with Crippen LogP contribution in [0, 0.1) is 0 Å². The van der Waals surface area contributed by atoms with E-state index in [1.165, 1.54) is 0 Å². The van der Waals surface area contributed by atoms with Gasteiger partial charge in [0, 0.05) is 5.56 Å². The fraction of sp³-hybridized carbons (Fsp3) is 0.111. The van der Waals surface area contributed by atoms with Crippen LogP contribution in [0.5, 0.6) is 0 Å². The fourth-order valence-corrected chi connectivity index (χ4v) is 0.877. The molecule has 0 aliphatic heterocycles. The largest absolute Gasteiger partial charge is 0.344 e. The quantitative estimate of drug-likeness (QED) is 0.310. The van der Waals surface area contributed by atoms with Crippen molar-refractivity contribution < 1.29 is 4.79 Å². The highest BCUT2D eigenvalue weighted by Crippen LogP contribution is 2.03. The Hall–Kier alpha value is -1.68. The van der Waals surface area contributed by atoms with Crippen LogP contribution >= 0.6 is 0 Å². The summed E-state index contributed by atoms with van der Waals surface area (Å²) in [7, 11) is 0. The van der Waals surface area contributed by atoms with Crippen LogP contribution in [0.25, 0.3) is 0 Å². The maximum atomic E-state index is 10.3. The van der Waals surface area contributed by atoms with Gasteiger partial charge in [0.2, 0.25) is 0 Å². The number of hydrogen-bond acceptors (Lipinski definition) is 4. The van der Waals surface area contributed by atoms with Crippen molar-refractivity contribution in [2.45, 2.75) is 6.92 Å². The molecular formula is C9H13N3O. The van der Waals surface area contributed by atoms with Crippen LogP contribution in [-0.4, -0.2) is 12.0 Å². The normalized spacial score (nSPS) is 10.4. The molecule has 0 unspecified atom stereocenters. The lowest BCUT2D eigenvalue weighted by molar-refractivity contribution is 0.112. The second-order valence-corrected chi connectivity index (χ2v) is 2.45. The Labute approximate surface area is 77.0 Å². The maximum absolute atomic E-state index is 10.3. The van der Waals surface area contributed by atoms with Crippen molar-refractivity contribution in [2.24, 2.45) is 10.9 Å². The van der Waals surface area contributed by atoms with E-state index >= 15 is 0 Å². The van der Waals surface area contributed by atoms with E-state index in [4.69, 9.17) is 5.84 Å². The minimum Gasteiger partial charge on any atom is -0.344 e. The summed E-state index contributed by atoms with van der Waals surface area (Å²) in [5.74, 6) is 5.09. The van der Waals surface area contributed by atoms with Crippen molar-refractivity contribution >= 4 is 12.0 Å². The van der Waals surface area contributed by atoms with E-state index in [9.17, 15) is 4.79 Å². The number of rotatable bonds is 2. The Morgan fingerprint density at radius 3 is 2.31 bits per heavy atom. The van der Waals surface area contributed by atoms with Gasteiger partial charge in [-0.25, -0.2) is 0 Å². The SMILES string of the molecule is C/C(=N\N)c1ccc(C=O)cc1.N. The fourth-order valence-electron chi connectivity index (χ4n) is 0.877. The van der Waals surface area contributed by atoms with Crippen LogP contribution in [0.15, 0.2) is 29.4 Å². The number of carbonyl (C=O) groups excluding carboxylic acids is 1. The molecule has 1 aromatic rings. The average Bonchev–Trinajstić information content (AvgIpc) is 2.17.